The van der Waals surface area contributed by atoms with Gasteiger partial charge in [0, 0.05) is 12.2 Å². The summed E-state index contributed by atoms with van der Waals surface area (Å²) in [7, 11) is -3.96. The van der Waals surface area contributed by atoms with Crippen LogP contribution >= 0.6 is 0 Å². The highest BCUT2D eigenvalue weighted by molar-refractivity contribution is 7.91. The van der Waals surface area contributed by atoms with Crippen LogP contribution in [0, 0.1) is 0 Å². The highest BCUT2D eigenvalue weighted by atomic mass is 32.2. The molecule has 11 heteroatoms. The van der Waals surface area contributed by atoms with E-state index in [9.17, 15) is 31.2 Å². The van der Waals surface area contributed by atoms with Crippen molar-refractivity contribution < 1.29 is 31.2 Å². The molecule has 0 fully saturated rings. The van der Waals surface area contributed by atoms with Crippen LogP contribution in [0.4, 0.5) is 18.9 Å². The number of amides is 2. The maximum absolute atomic E-state index is 12.7. The molecular formula is C17H16F3N3O4S. The zero-order valence-corrected chi connectivity index (χ0v) is 15.1. The van der Waals surface area contributed by atoms with Crippen LogP contribution in [0.1, 0.15) is 15.9 Å². The van der Waals surface area contributed by atoms with E-state index in [1.54, 1.807) is 5.32 Å². The van der Waals surface area contributed by atoms with Crippen molar-refractivity contribution in [2.45, 2.75) is 22.4 Å². The summed E-state index contributed by atoms with van der Waals surface area (Å²) >= 11 is 0. The van der Waals surface area contributed by atoms with Gasteiger partial charge >= 0.3 is 12.1 Å². The van der Waals surface area contributed by atoms with Gasteiger partial charge < -0.3 is 16.8 Å². The third kappa shape index (κ3) is 4.80. The Labute approximate surface area is 158 Å². The summed E-state index contributed by atoms with van der Waals surface area (Å²) in [6.07, 6.45) is -4.88. The third-order valence-corrected chi connectivity index (χ3v) is 5.56. The van der Waals surface area contributed by atoms with E-state index < -0.39 is 27.8 Å². The molecule has 0 radical (unpaired) electrons. The van der Waals surface area contributed by atoms with Gasteiger partial charge in [0.1, 0.15) is 0 Å². The summed E-state index contributed by atoms with van der Waals surface area (Å²) in [5, 5.41) is 1.73. The van der Waals surface area contributed by atoms with Crippen molar-refractivity contribution >= 4 is 27.3 Å². The van der Waals surface area contributed by atoms with Gasteiger partial charge in [-0.3, -0.25) is 9.59 Å². The highest BCUT2D eigenvalue weighted by Crippen LogP contribution is 2.24. The van der Waals surface area contributed by atoms with Crippen molar-refractivity contribution in [1.29, 1.82) is 0 Å². The maximum atomic E-state index is 12.7. The highest BCUT2D eigenvalue weighted by Gasteiger charge is 2.38. The van der Waals surface area contributed by atoms with Crippen LogP contribution < -0.4 is 16.8 Å². The van der Waals surface area contributed by atoms with Gasteiger partial charge in [-0.15, -0.1) is 0 Å². The number of hydrogen-bond acceptors (Lipinski definition) is 5. The number of carbonyl (C=O) groups excluding carboxylic acids is 2. The molecule has 0 unspecified atom stereocenters. The molecule has 0 aliphatic carbocycles. The average molecular weight is 415 g/mol. The molecule has 0 aliphatic heterocycles. The molecule has 0 saturated carbocycles. The van der Waals surface area contributed by atoms with Crippen LogP contribution in [0.15, 0.2) is 52.3 Å². The van der Waals surface area contributed by atoms with E-state index in [1.165, 1.54) is 36.4 Å². The van der Waals surface area contributed by atoms with Crippen LogP contribution in [0.2, 0.25) is 0 Å². The quantitative estimate of drug-likeness (QED) is 0.614. The molecule has 28 heavy (non-hydrogen) atoms. The number of carbonyl (C=O) groups is 2. The van der Waals surface area contributed by atoms with Crippen molar-refractivity contribution in [3.63, 3.8) is 0 Å². The largest absolute Gasteiger partial charge is 0.471 e. The van der Waals surface area contributed by atoms with E-state index in [0.29, 0.717) is 5.56 Å². The van der Waals surface area contributed by atoms with E-state index in [4.69, 9.17) is 11.5 Å². The summed E-state index contributed by atoms with van der Waals surface area (Å²) in [5.74, 6) is -2.91. The Morgan fingerprint density at radius 2 is 1.57 bits per heavy atom. The van der Waals surface area contributed by atoms with Crippen LogP contribution in [0.25, 0.3) is 0 Å². The number of benzene rings is 2. The minimum Gasteiger partial charge on any atom is -0.398 e. The molecule has 2 aromatic rings. The van der Waals surface area contributed by atoms with E-state index >= 15 is 0 Å². The van der Waals surface area contributed by atoms with Gasteiger partial charge in [0.2, 0.25) is 9.84 Å². The molecule has 5 N–H and O–H groups in total. The van der Waals surface area contributed by atoms with Crippen LogP contribution in [-0.2, 0) is 21.1 Å². The number of hydrogen-bond donors (Lipinski definition) is 3. The summed E-state index contributed by atoms with van der Waals surface area (Å²) in [5.41, 5.74) is 11.2. The molecule has 150 valence electrons. The Balaban J connectivity index is 2.15. The summed E-state index contributed by atoms with van der Waals surface area (Å²) in [4.78, 5) is 21.8. The van der Waals surface area contributed by atoms with Crippen molar-refractivity contribution in [3.8, 4) is 0 Å². The number of rotatable bonds is 6. The third-order valence-electron chi connectivity index (χ3n) is 3.79. The van der Waals surface area contributed by atoms with Gasteiger partial charge in [-0.1, -0.05) is 12.1 Å². The Morgan fingerprint density at radius 1 is 1.00 bits per heavy atom. The zero-order chi connectivity index (χ0) is 21.1. The van der Waals surface area contributed by atoms with Crippen molar-refractivity contribution in [1.82, 2.24) is 5.32 Å². The number of alkyl halides is 3. The Bertz CT molecular complexity index is 1000. The Kier molecular flexibility index (Phi) is 5.98. The van der Waals surface area contributed by atoms with Gasteiger partial charge in [0.15, 0.2) is 0 Å². The molecule has 0 aromatic heterocycles. The van der Waals surface area contributed by atoms with Gasteiger partial charge in [0.25, 0.3) is 5.91 Å². The van der Waals surface area contributed by atoms with Crippen LogP contribution in [0.5, 0.6) is 0 Å². The molecule has 0 aliphatic rings. The summed E-state index contributed by atoms with van der Waals surface area (Å²) in [6.45, 7) is -0.260. The second-order valence-corrected chi connectivity index (χ2v) is 7.71. The minimum absolute atomic E-state index is 0.0442. The number of nitrogens with two attached hydrogens (primary N) is 2. The van der Waals surface area contributed by atoms with E-state index in [0.717, 1.165) is 6.07 Å². The second kappa shape index (κ2) is 7.89. The number of halogens is 3. The maximum Gasteiger partial charge on any atom is 0.471 e. The first kappa shape index (κ1) is 21.2. The zero-order valence-electron chi connectivity index (χ0n) is 14.3. The normalized spacial score (nSPS) is 11.8. The topological polar surface area (TPSA) is 132 Å². The Hall–Kier alpha value is -3.08. The smallest absolute Gasteiger partial charge is 0.398 e. The fraction of sp³-hybridized carbons (Fsp3) is 0.176. The van der Waals surface area contributed by atoms with Crippen LogP contribution in [0.3, 0.4) is 0 Å². The van der Waals surface area contributed by atoms with E-state index in [2.05, 4.69) is 0 Å². The first-order chi connectivity index (χ1) is 12.9. The predicted molar refractivity (Wildman–Crippen MR) is 94.0 cm³/mol. The van der Waals surface area contributed by atoms with Crippen LogP contribution in [-0.4, -0.2) is 33.0 Å². The second-order valence-electron chi connectivity index (χ2n) is 5.76. The number of primary amides is 1. The molecule has 2 aromatic carbocycles. The number of anilines is 1. The molecular weight excluding hydrogens is 399 g/mol. The van der Waals surface area contributed by atoms with Crippen molar-refractivity contribution in [2.75, 3.05) is 12.3 Å². The number of sulfone groups is 1. The van der Waals surface area contributed by atoms with Gasteiger partial charge in [0.05, 0.1) is 15.4 Å². The van der Waals surface area contributed by atoms with Gasteiger partial charge in [-0.05, 0) is 42.3 Å². The molecule has 0 heterocycles. The lowest BCUT2D eigenvalue weighted by molar-refractivity contribution is -0.173. The minimum atomic E-state index is -4.96. The lowest BCUT2D eigenvalue weighted by Gasteiger charge is -2.10. The standard InChI is InChI=1S/C17H16F3N3O4S/c18-17(19,20)16(25)23-8-7-10-1-3-11(4-2-10)28(26,27)12-5-6-14(21)13(9-12)15(22)24/h1-6,9H,7-8,21H2,(H2,22,24)(H,23,25). The first-order valence-electron chi connectivity index (χ1n) is 7.81. The van der Waals surface area contributed by atoms with Gasteiger partial charge in [-0.25, -0.2) is 8.42 Å². The lowest BCUT2D eigenvalue weighted by Crippen LogP contribution is -2.37. The molecule has 0 bridgehead atoms. The Morgan fingerprint density at radius 3 is 2.11 bits per heavy atom. The first-order valence-corrected chi connectivity index (χ1v) is 9.29. The monoisotopic (exact) mass is 415 g/mol. The molecule has 2 rings (SSSR count). The van der Waals surface area contributed by atoms with E-state index in [-0.39, 0.29) is 34.0 Å². The fourth-order valence-corrected chi connectivity index (χ4v) is 3.59. The molecule has 0 spiro atoms. The number of nitrogen functional groups attached to an aromatic ring is 1. The SMILES string of the molecule is NC(=O)c1cc(S(=O)(=O)c2ccc(CCNC(=O)C(F)(F)F)cc2)ccc1N. The van der Waals surface area contributed by atoms with E-state index in [1.807, 2.05) is 0 Å². The molecule has 0 atom stereocenters. The fourth-order valence-electron chi connectivity index (χ4n) is 2.31. The number of nitrogens with one attached hydrogen (secondary N) is 1. The average Bonchev–Trinajstić information content (AvgIpc) is 2.61. The molecule has 0 saturated heterocycles. The van der Waals surface area contributed by atoms with Gasteiger partial charge in [-0.2, -0.15) is 13.2 Å². The van der Waals surface area contributed by atoms with Crippen molar-refractivity contribution in [2.24, 2.45) is 5.73 Å². The predicted octanol–water partition coefficient (Wildman–Crippen LogP) is 1.42. The lowest BCUT2D eigenvalue weighted by atomic mass is 10.1. The summed E-state index contributed by atoms with van der Waals surface area (Å²) in [6, 6.07) is 8.95. The summed E-state index contributed by atoms with van der Waals surface area (Å²) < 4.78 is 61.7. The van der Waals surface area contributed by atoms with Crippen molar-refractivity contribution in [3.05, 3.63) is 53.6 Å². The molecule has 7 nitrogen and oxygen atoms in total. The molecule has 2 amide bonds.